The van der Waals surface area contributed by atoms with E-state index < -0.39 is 0 Å². The van der Waals surface area contributed by atoms with Crippen LogP contribution in [0.1, 0.15) is 34.4 Å². The highest BCUT2D eigenvalue weighted by atomic mass is 79.9. The molecule has 0 bridgehead atoms. The first-order valence-corrected chi connectivity index (χ1v) is 8.68. The molecule has 0 fully saturated rings. The Morgan fingerprint density at radius 3 is 3.00 bits per heavy atom. The number of anilines is 1. The predicted octanol–water partition coefficient (Wildman–Crippen LogP) is 5.65. The first-order chi connectivity index (χ1) is 9.74. The lowest BCUT2D eigenvalue weighted by atomic mass is 9.78. The second-order valence-corrected chi connectivity index (χ2v) is 7.54. The summed E-state index contributed by atoms with van der Waals surface area (Å²) in [6, 6.07) is 9.29. The summed E-state index contributed by atoms with van der Waals surface area (Å²) in [5, 5.41) is 6.00. The van der Waals surface area contributed by atoms with Crippen molar-refractivity contribution in [2.45, 2.75) is 25.3 Å². The van der Waals surface area contributed by atoms with E-state index >= 15 is 0 Å². The summed E-state index contributed by atoms with van der Waals surface area (Å²) in [6.07, 6.45) is 5.92. The smallest absolute Gasteiger partial charge is 0.0649 e. The van der Waals surface area contributed by atoms with E-state index in [-0.39, 0.29) is 0 Å². The molecule has 3 unspecified atom stereocenters. The van der Waals surface area contributed by atoms with Crippen molar-refractivity contribution >= 4 is 33.0 Å². The van der Waals surface area contributed by atoms with Crippen molar-refractivity contribution < 1.29 is 0 Å². The zero-order chi connectivity index (χ0) is 13.7. The molecule has 2 aromatic rings. The average molecular weight is 346 g/mol. The van der Waals surface area contributed by atoms with Crippen molar-refractivity contribution in [3.05, 3.63) is 62.3 Å². The van der Waals surface area contributed by atoms with Crippen LogP contribution in [0.2, 0.25) is 0 Å². The maximum Gasteiger partial charge on any atom is 0.0649 e. The van der Waals surface area contributed by atoms with Gasteiger partial charge in [-0.2, -0.15) is 0 Å². The summed E-state index contributed by atoms with van der Waals surface area (Å²) in [6.45, 7) is 2.22. The molecule has 0 spiro atoms. The number of benzene rings is 1. The van der Waals surface area contributed by atoms with E-state index in [0.717, 1.165) is 0 Å². The van der Waals surface area contributed by atoms with Crippen molar-refractivity contribution in [2.24, 2.45) is 5.92 Å². The second kappa shape index (κ2) is 4.74. The highest BCUT2D eigenvalue weighted by Gasteiger charge is 2.38. The molecule has 1 nitrogen and oxygen atoms in total. The Morgan fingerprint density at radius 2 is 2.20 bits per heavy atom. The van der Waals surface area contributed by atoms with Gasteiger partial charge in [0.05, 0.1) is 6.04 Å². The third kappa shape index (κ3) is 1.87. The summed E-state index contributed by atoms with van der Waals surface area (Å²) in [4.78, 5) is 1.50. The van der Waals surface area contributed by atoms with Gasteiger partial charge in [-0.05, 0) is 60.0 Å². The topological polar surface area (TPSA) is 12.0 Å². The number of thiophene rings is 1. The van der Waals surface area contributed by atoms with Crippen molar-refractivity contribution in [1.82, 2.24) is 0 Å². The highest BCUT2D eigenvalue weighted by Crippen LogP contribution is 2.51. The van der Waals surface area contributed by atoms with Gasteiger partial charge < -0.3 is 5.32 Å². The Bertz CT molecular complexity index is 688. The molecule has 20 heavy (non-hydrogen) atoms. The monoisotopic (exact) mass is 345 g/mol. The molecule has 4 rings (SSSR count). The summed E-state index contributed by atoms with van der Waals surface area (Å²) in [7, 11) is 0. The fourth-order valence-electron chi connectivity index (χ4n) is 3.53. The zero-order valence-electron chi connectivity index (χ0n) is 11.3. The molecule has 3 heteroatoms. The van der Waals surface area contributed by atoms with E-state index in [0.29, 0.717) is 17.9 Å². The number of rotatable bonds is 1. The second-order valence-electron chi connectivity index (χ2n) is 5.67. The normalized spacial score (nSPS) is 27.0. The van der Waals surface area contributed by atoms with Gasteiger partial charge in [-0.1, -0.05) is 28.1 Å². The Hall–Kier alpha value is -1.06. The average Bonchev–Trinajstić information content (AvgIpc) is 3.07. The molecule has 1 aromatic carbocycles. The van der Waals surface area contributed by atoms with Crippen LogP contribution < -0.4 is 5.32 Å². The van der Waals surface area contributed by atoms with E-state index in [1.165, 1.54) is 32.6 Å². The van der Waals surface area contributed by atoms with Gasteiger partial charge in [0.1, 0.15) is 0 Å². The summed E-state index contributed by atoms with van der Waals surface area (Å²) in [5.74, 6) is 1.20. The summed E-state index contributed by atoms with van der Waals surface area (Å²) >= 11 is 5.49. The van der Waals surface area contributed by atoms with Crippen molar-refractivity contribution in [2.75, 3.05) is 5.32 Å². The number of fused-ring (bicyclic) bond motifs is 3. The standard InChI is InChI=1S/C17H16BrNS/c1-10-7-8-20-17(10)16-13-4-2-3-12(13)14-9-11(18)5-6-15(14)19-16/h2-3,5-9,12-13,16,19H,4H2,1H3. The molecule has 1 aromatic heterocycles. The lowest BCUT2D eigenvalue weighted by molar-refractivity contribution is 0.429. The van der Waals surface area contributed by atoms with E-state index in [1.807, 2.05) is 11.3 Å². The molecule has 1 N–H and O–H groups in total. The number of hydrogen-bond donors (Lipinski definition) is 1. The number of allylic oxidation sites excluding steroid dienone is 2. The maximum absolute atomic E-state index is 3.79. The van der Waals surface area contributed by atoms with E-state index in [9.17, 15) is 0 Å². The van der Waals surface area contributed by atoms with Gasteiger partial charge in [0.25, 0.3) is 0 Å². The molecular formula is C17H16BrNS. The lowest BCUT2D eigenvalue weighted by Gasteiger charge is -2.37. The largest absolute Gasteiger partial charge is 0.377 e. The summed E-state index contributed by atoms with van der Waals surface area (Å²) in [5.41, 5.74) is 4.14. The molecule has 1 aliphatic heterocycles. The predicted molar refractivity (Wildman–Crippen MR) is 89.5 cm³/mol. The number of aryl methyl sites for hydroxylation is 1. The first kappa shape index (κ1) is 12.7. The third-order valence-corrected chi connectivity index (χ3v) is 6.10. The first-order valence-electron chi connectivity index (χ1n) is 7.00. The Labute approximate surface area is 131 Å². The third-order valence-electron chi connectivity index (χ3n) is 4.51. The molecule has 0 radical (unpaired) electrons. The molecule has 102 valence electrons. The SMILES string of the molecule is Cc1ccsc1C1Nc2ccc(Br)cc2C2C=CCC21. The molecule has 2 heterocycles. The summed E-state index contributed by atoms with van der Waals surface area (Å²) < 4.78 is 1.17. The van der Waals surface area contributed by atoms with Crippen molar-refractivity contribution in [3.8, 4) is 0 Å². The van der Waals surface area contributed by atoms with E-state index in [2.05, 4.69) is 70.0 Å². The van der Waals surface area contributed by atoms with Gasteiger partial charge in [-0.25, -0.2) is 0 Å². The molecular weight excluding hydrogens is 330 g/mol. The molecule has 1 aliphatic carbocycles. The molecule has 0 saturated carbocycles. The van der Waals surface area contributed by atoms with Crippen LogP contribution in [0.5, 0.6) is 0 Å². The quantitative estimate of drug-likeness (QED) is 0.659. The number of hydrogen-bond acceptors (Lipinski definition) is 2. The maximum atomic E-state index is 3.79. The van der Waals surface area contributed by atoms with Crippen LogP contribution >= 0.6 is 27.3 Å². The van der Waals surface area contributed by atoms with Gasteiger partial charge in [-0.15, -0.1) is 11.3 Å². The fraction of sp³-hybridized carbons (Fsp3) is 0.294. The van der Waals surface area contributed by atoms with Gasteiger partial charge in [-0.3, -0.25) is 0 Å². The highest BCUT2D eigenvalue weighted by molar-refractivity contribution is 9.10. The lowest BCUT2D eigenvalue weighted by Crippen LogP contribution is -2.28. The van der Waals surface area contributed by atoms with Gasteiger partial charge >= 0.3 is 0 Å². The van der Waals surface area contributed by atoms with Crippen molar-refractivity contribution in [3.63, 3.8) is 0 Å². The van der Waals surface area contributed by atoms with Crippen LogP contribution in [0, 0.1) is 12.8 Å². The van der Waals surface area contributed by atoms with Gasteiger partial charge in [0.2, 0.25) is 0 Å². The van der Waals surface area contributed by atoms with Crippen LogP contribution in [0.4, 0.5) is 5.69 Å². The van der Waals surface area contributed by atoms with E-state index in [4.69, 9.17) is 0 Å². The molecule has 2 aliphatic rings. The van der Waals surface area contributed by atoms with Crippen LogP contribution in [0.15, 0.2) is 46.3 Å². The van der Waals surface area contributed by atoms with Crippen LogP contribution in [-0.4, -0.2) is 0 Å². The van der Waals surface area contributed by atoms with Crippen LogP contribution in [0.25, 0.3) is 0 Å². The fourth-order valence-corrected chi connectivity index (χ4v) is 4.96. The minimum absolute atomic E-state index is 0.448. The Kier molecular flexibility index (Phi) is 3.00. The minimum atomic E-state index is 0.448. The molecule has 3 atom stereocenters. The molecule has 0 amide bonds. The van der Waals surface area contributed by atoms with Gasteiger partial charge in [0, 0.05) is 21.0 Å². The Morgan fingerprint density at radius 1 is 1.30 bits per heavy atom. The number of nitrogens with one attached hydrogen (secondary N) is 1. The minimum Gasteiger partial charge on any atom is -0.377 e. The number of halogens is 1. The zero-order valence-corrected chi connectivity index (χ0v) is 13.7. The van der Waals surface area contributed by atoms with Gasteiger partial charge in [0.15, 0.2) is 0 Å². The van der Waals surface area contributed by atoms with E-state index in [1.54, 1.807) is 0 Å². The van der Waals surface area contributed by atoms with Crippen LogP contribution in [-0.2, 0) is 0 Å². The van der Waals surface area contributed by atoms with Crippen LogP contribution in [0.3, 0.4) is 0 Å². The van der Waals surface area contributed by atoms with Crippen molar-refractivity contribution in [1.29, 1.82) is 0 Å². The molecule has 0 saturated heterocycles. The Balaban J connectivity index is 1.82.